The normalized spacial score (nSPS) is 22.4. The number of alkyl carbamates (subject to hydrolysis) is 1. The van der Waals surface area contributed by atoms with Crippen LogP contribution < -0.4 is 5.32 Å². The van der Waals surface area contributed by atoms with Crippen LogP contribution in [-0.2, 0) is 52.4 Å². The third kappa shape index (κ3) is 14.6. The summed E-state index contributed by atoms with van der Waals surface area (Å²) < 4.78 is 33.1. The van der Waals surface area contributed by atoms with Crippen LogP contribution in [0.5, 0.6) is 0 Å². The molecule has 1 aliphatic rings. The highest BCUT2D eigenvalue weighted by molar-refractivity contribution is 5.69. The van der Waals surface area contributed by atoms with Crippen molar-refractivity contribution in [2.24, 2.45) is 0 Å². The zero-order valence-corrected chi connectivity index (χ0v) is 24.1. The van der Waals surface area contributed by atoms with Gasteiger partial charge in [-0.25, -0.2) is 4.79 Å². The first-order valence-electron chi connectivity index (χ1n) is 12.9. The van der Waals surface area contributed by atoms with Gasteiger partial charge in [-0.05, 0) is 20.8 Å². The van der Waals surface area contributed by atoms with Gasteiger partial charge in [0.2, 0.25) is 0 Å². The lowest BCUT2D eigenvalue weighted by molar-refractivity contribution is -0.305. The van der Waals surface area contributed by atoms with Crippen molar-refractivity contribution in [1.82, 2.24) is 10.2 Å². The van der Waals surface area contributed by atoms with E-state index < -0.39 is 72.2 Å². The van der Waals surface area contributed by atoms with Gasteiger partial charge in [0, 0.05) is 47.0 Å². The Kier molecular flexibility index (Phi) is 14.5. The smallest absolute Gasteiger partial charge is 0.407 e. The zero-order chi connectivity index (χ0) is 31.3. The summed E-state index contributed by atoms with van der Waals surface area (Å²) in [6, 6.07) is 0. The van der Waals surface area contributed by atoms with E-state index in [9.17, 15) is 28.8 Å². The van der Waals surface area contributed by atoms with Crippen molar-refractivity contribution in [2.45, 2.75) is 90.7 Å². The van der Waals surface area contributed by atoms with Crippen molar-refractivity contribution in [3.63, 3.8) is 0 Å². The number of carbonyl (C=O) groups is 6. The Morgan fingerprint density at radius 2 is 1.29 bits per heavy atom. The van der Waals surface area contributed by atoms with Crippen LogP contribution in [0.3, 0.4) is 0 Å². The van der Waals surface area contributed by atoms with E-state index in [1.165, 1.54) is 4.90 Å². The lowest BCUT2D eigenvalue weighted by Crippen LogP contribution is -2.64. The predicted octanol–water partition coefficient (Wildman–Crippen LogP) is 0.299. The van der Waals surface area contributed by atoms with Gasteiger partial charge in [-0.15, -0.1) is 0 Å². The molecular formula is C25H40N2O14. The molecule has 41 heavy (non-hydrogen) atoms. The largest absolute Gasteiger partial charge is 0.481 e. The summed E-state index contributed by atoms with van der Waals surface area (Å²) >= 11 is 0. The summed E-state index contributed by atoms with van der Waals surface area (Å²) in [7, 11) is 0. The van der Waals surface area contributed by atoms with Crippen LogP contribution in [0.2, 0.25) is 0 Å². The fourth-order valence-corrected chi connectivity index (χ4v) is 3.83. The number of carboxylic acid groups (broad SMARTS) is 2. The second-order valence-electron chi connectivity index (χ2n) is 10.2. The minimum absolute atomic E-state index is 0.0544. The number of ether oxygens (including phenoxy) is 6. The van der Waals surface area contributed by atoms with E-state index in [0.717, 1.165) is 20.8 Å². The van der Waals surface area contributed by atoms with Crippen LogP contribution in [0.25, 0.3) is 0 Å². The maximum Gasteiger partial charge on any atom is 0.407 e. The Labute approximate surface area is 237 Å². The second kappa shape index (κ2) is 16.7. The molecule has 1 heterocycles. The highest BCUT2D eigenvalue weighted by Crippen LogP contribution is 2.30. The van der Waals surface area contributed by atoms with E-state index in [2.05, 4.69) is 5.32 Å². The Hall–Kier alpha value is -3.50. The maximum absolute atomic E-state index is 12.0. The quantitative estimate of drug-likeness (QED) is 0.132. The number of aliphatic carboxylic acids is 2. The van der Waals surface area contributed by atoms with Gasteiger partial charge in [-0.1, -0.05) is 0 Å². The molecule has 0 saturated carbocycles. The van der Waals surface area contributed by atoms with Gasteiger partial charge in [0.05, 0.1) is 19.4 Å². The van der Waals surface area contributed by atoms with Gasteiger partial charge >= 0.3 is 35.9 Å². The number of amides is 1. The topological polar surface area (TPSA) is 214 Å². The van der Waals surface area contributed by atoms with Crippen LogP contribution in [0, 0.1) is 0 Å². The van der Waals surface area contributed by atoms with Gasteiger partial charge in [-0.2, -0.15) is 0 Å². The standard InChI is InChI=1S/C25H40N2O14/c1-14(28)37-20-17(13-27(10-7-18(31)32)11-8-19(33)34)40-23(22(39-16(3)30)21(20)38-15(2)29)36-12-9-26-24(35)41-25(4,5)6/h17,20-23H,7-13H2,1-6H3,(H,26,35)(H,31,32)(H,33,34)/t17-,20-,21+,22-,23-/m1/s1. The predicted molar refractivity (Wildman–Crippen MR) is 136 cm³/mol. The monoisotopic (exact) mass is 592 g/mol. The molecule has 0 aromatic heterocycles. The van der Waals surface area contributed by atoms with Crippen LogP contribution in [0.1, 0.15) is 54.4 Å². The van der Waals surface area contributed by atoms with Crippen molar-refractivity contribution < 1.29 is 67.4 Å². The number of hydrogen-bond donors (Lipinski definition) is 3. The van der Waals surface area contributed by atoms with E-state index in [1.54, 1.807) is 20.8 Å². The molecule has 0 unspecified atom stereocenters. The summed E-state index contributed by atoms with van der Waals surface area (Å²) in [5.74, 6) is -4.63. The van der Waals surface area contributed by atoms with Gasteiger partial charge < -0.3 is 44.0 Å². The number of esters is 3. The number of nitrogens with zero attached hydrogens (tertiary/aromatic N) is 1. The molecule has 0 spiro atoms. The van der Waals surface area contributed by atoms with Crippen LogP contribution in [0.15, 0.2) is 0 Å². The van der Waals surface area contributed by atoms with Crippen LogP contribution in [-0.4, -0.2) is 120 Å². The van der Waals surface area contributed by atoms with E-state index in [0.29, 0.717) is 0 Å². The Morgan fingerprint density at radius 1 is 0.805 bits per heavy atom. The van der Waals surface area contributed by atoms with Crippen molar-refractivity contribution in [2.75, 3.05) is 32.8 Å². The van der Waals surface area contributed by atoms with Gasteiger partial charge in [-0.3, -0.25) is 28.9 Å². The van der Waals surface area contributed by atoms with Gasteiger partial charge in [0.1, 0.15) is 11.7 Å². The summed E-state index contributed by atoms with van der Waals surface area (Å²) in [6.45, 7) is 7.79. The first-order chi connectivity index (χ1) is 19.0. The fraction of sp³-hybridized carbons (Fsp3) is 0.760. The minimum atomic E-state index is -1.41. The molecular weight excluding hydrogens is 552 g/mol. The molecule has 3 N–H and O–H groups in total. The first-order valence-corrected chi connectivity index (χ1v) is 12.9. The Balaban J connectivity index is 3.28. The Bertz CT molecular complexity index is 916. The molecule has 0 aromatic carbocycles. The molecule has 1 fully saturated rings. The molecule has 0 bridgehead atoms. The molecule has 0 aromatic rings. The zero-order valence-electron chi connectivity index (χ0n) is 24.1. The van der Waals surface area contributed by atoms with Crippen LogP contribution >= 0.6 is 0 Å². The third-order valence-electron chi connectivity index (χ3n) is 5.27. The van der Waals surface area contributed by atoms with Crippen molar-refractivity contribution in [3.8, 4) is 0 Å². The van der Waals surface area contributed by atoms with E-state index >= 15 is 0 Å². The number of carboxylic acids is 2. The Morgan fingerprint density at radius 3 is 1.76 bits per heavy atom. The molecule has 0 radical (unpaired) electrons. The lowest BCUT2D eigenvalue weighted by atomic mass is 9.97. The second-order valence-corrected chi connectivity index (χ2v) is 10.2. The van der Waals surface area contributed by atoms with E-state index in [-0.39, 0.29) is 45.6 Å². The third-order valence-corrected chi connectivity index (χ3v) is 5.27. The molecule has 5 atom stereocenters. The number of hydrogen-bond acceptors (Lipinski definition) is 13. The maximum atomic E-state index is 12.0. The van der Waals surface area contributed by atoms with Crippen molar-refractivity contribution >= 4 is 35.9 Å². The fourth-order valence-electron chi connectivity index (χ4n) is 3.83. The summed E-state index contributed by atoms with van der Waals surface area (Å²) in [6.07, 6.45) is -8.09. The molecule has 16 heteroatoms. The van der Waals surface area contributed by atoms with Gasteiger partial charge in [0.25, 0.3) is 0 Å². The minimum Gasteiger partial charge on any atom is -0.481 e. The first kappa shape index (κ1) is 35.5. The van der Waals surface area contributed by atoms with Crippen LogP contribution in [0.4, 0.5) is 4.79 Å². The molecule has 0 aliphatic carbocycles. The lowest BCUT2D eigenvalue weighted by Gasteiger charge is -2.45. The summed E-state index contributed by atoms with van der Waals surface area (Å²) in [5.41, 5.74) is -0.735. The molecule has 1 amide bonds. The van der Waals surface area contributed by atoms with Crippen molar-refractivity contribution in [3.05, 3.63) is 0 Å². The average molecular weight is 593 g/mol. The molecule has 1 rings (SSSR count). The number of nitrogens with one attached hydrogen (secondary N) is 1. The van der Waals surface area contributed by atoms with Crippen molar-refractivity contribution in [1.29, 1.82) is 0 Å². The van der Waals surface area contributed by atoms with E-state index in [1.807, 2.05) is 0 Å². The molecule has 1 aliphatic heterocycles. The summed E-state index contributed by atoms with van der Waals surface area (Å²) in [5, 5.41) is 20.8. The molecule has 234 valence electrons. The highest BCUT2D eigenvalue weighted by atomic mass is 16.7. The highest BCUT2D eigenvalue weighted by Gasteiger charge is 2.52. The summed E-state index contributed by atoms with van der Waals surface area (Å²) in [4.78, 5) is 71.8. The molecule has 1 saturated heterocycles. The van der Waals surface area contributed by atoms with E-state index in [4.69, 9.17) is 38.6 Å². The number of carbonyl (C=O) groups excluding carboxylic acids is 4. The number of rotatable bonds is 15. The molecule has 16 nitrogen and oxygen atoms in total. The van der Waals surface area contributed by atoms with Gasteiger partial charge in [0.15, 0.2) is 24.6 Å². The SMILES string of the molecule is CC(=O)O[C@@H]1[C@@H](OC(C)=O)[C@H](OCCNC(=O)OC(C)(C)C)O[C@H](CN(CCC(=O)O)CCC(=O)O)[C@H]1OC(C)=O. The average Bonchev–Trinajstić information content (AvgIpc) is 2.80.